The quantitative estimate of drug-likeness (QED) is 0.698. The van der Waals surface area contributed by atoms with Gasteiger partial charge >= 0.3 is 0 Å². The number of hydrogen-bond donors (Lipinski definition) is 0. The van der Waals surface area contributed by atoms with Gasteiger partial charge in [-0.05, 0) is 45.1 Å². The smallest absolute Gasteiger partial charge is 0.192 e. The van der Waals surface area contributed by atoms with E-state index in [2.05, 4.69) is 29.8 Å². The highest BCUT2D eigenvalue weighted by Crippen LogP contribution is 2.42. The van der Waals surface area contributed by atoms with Crippen molar-refractivity contribution in [3.8, 4) is 10.8 Å². The highest BCUT2D eigenvalue weighted by Gasteiger charge is 2.25. The fraction of sp³-hybridized carbons (Fsp3) is 0.389. The number of amidine groups is 1. The van der Waals surface area contributed by atoms with E-state index in [1.165, 1.54) is 4.88 Å². The second-order valence-electron chi connectivity index (χ2n) is 6.21. The molecule has 0 N–H and O–H groups in total. The number of aliphatic imine (C=N–C) groups is 1. The summed E-state index contributed by atoms with van der Waals surface area (Å²) in [6.45, 7) is 6.39. The molecule has 0 radical (unpaired) electrons. The molecule has 24 heavy (non-hydrogen) atoms. The van der Waals surface area contributed by atoms with Crippen LogP contribution in [0.4, 0.5) is 5.69 Å². The first-order valence-corrected chi connectivity index (χ1v) is 8.92. The van der Waals surface area contributed by atoms with E-state index in [1.54, 1.807) is 11.3 Å². The molecular formula is C18H22ClN3OS. The van der Waals surface area contributed by atoms with Gasteiger partial charge in [0.1, 0.15) is 11.5 Å². The van der Waals surface area contributed by atoms with E-state index < -0.39 is 0 Å². The predicted octanol–water partition coefficient (Wildman–Crippen LogP) is 4.30. The Morgan fingerprint density at radius 2 is 1.96 bits per heavy atom. The third kappa shape index (κ3) is 3.29. The monoisotopic (exact) mass is 363 g/mol. The van der Waals surface area contributed by atoms with Crippen LogP contribution in [-0.4, -0.2) is 48.9 Å². The van der Waals surface area contributed by atoms with Crippen LogP contribution in [0, 0.1) is 6.92 Å². The van der Waals surface area contributed by atoms with Gasteiger partial charge in [-0.15, -0.1) is 23.7 Å². The van der Waals surface area contributed by atoms with Crippen LogP contribution in [0.3, 0.4) is 0 Å². The number of aryl methyl sites for hydroxylation is 1. The van der Waals surface area contributed by atoms with Crippen LogP contribution < -0.4 is 4.74 Å². The predicted molar refractivity (Wildman–Crippen MR) is 103 cm³/mol. The lowest BCUT2D eigenvalue weighted by Gasteiger charge is -2.23. The molecule has 3 heterocycles. The van der Waals surface area contributed by atoms with Crippen molar-refractivity contribution in [1.29, 1.82) is 0 Å². The van der Waals surface area contributed by atoms with E-state index in [1.807, 2.05) is 24.3 Å². The molecule has 0 saturated carbocycles. The van der Waals surface area contributed by atoms with Gasteiger partial charge in [-0.1, -0.05) is 12.1 Å². The molecule has 1 aromatic carbocycles. The van der Waals surface area contributed by atoms with E-state index >= 15 is 0 Å². The normalized spacial score (nSPS) is 17.6. The van der Waals surface area contributed by atoms with Crippen molar-refractivity contribution >= 4 is 35.3 Å². The minimum atomic E-state index is 0. The fourth-order valence-corrected chi connectivity index (χ4v) is 3.99. The highest BCUT2D eigenvalue weighted by atomic mass is 35.5. The lowest BCUT2D eigenvalue weighted by Crippen LogP contribution is -2.34. The van der Waals surface area contributed by atoms with Gasteiger partial charge in [-0.25, -0.2) is 4.99 Å². The van der Waals surface area contributed by atoms with Gasteiger partial charge < -0.3 is 14.5 Å². The van der Waals surface area contributed by atoms with Crippen LogP contribution in [0.5, 0.6) is 10.8 Å². The second-order valence-corrected chi connectivity index (χ2v) is 7.43. The molecule has 0 amide bonds. The average Bonchev–Trinajstić information content (AvgIpc) is 2.70. The zero-order chi connectivity index (χ0) is 15.8. The first-order chi connectivity index (χ1) is 11.2. The van der Waals surface area contributed by atoms with Crippen LogP contribution >= 0.6 is 23.7 Å². The minimum Gasteiger partial charge on any atom is -0.444 e. The number of rotatable bonds is 0. The topological polar surface area (TPSA) is 28.1 Å². The molecule has 128 valence electrons. The molecule has 1 fully saturated rings. The van der Waals surface area contributed by atoms with Crippen LogP contribution in [0.1, 0.15) is 16.9 Å². The third-order valence-corrected chi connectivity index (χ3v) is 5.30. The Morgan fingerprint density at radius 3 is 2.83 bits per heavy atom. The molecule has 1 saturated heterocycles. The zero-order valence-corrected chi connectivity index (χ0v) is 15.6. The number of fused-ring (bicyclic) bond motifs is 2. The van der Waals surface area contributed by atoms with Gasteiger partial charge in [0.15, 0.2) is 10.8 Å². The molecule has 0 atom stereocenters. The van der Waals surface area contributed by atoms with Crippen LogP contribution in [0.25, 0.3) is 0 Å². The Hall–Kier alpha value is -1.56. The Balaban J connectivity index is 0.00000169. The lowest BCUT2D eigenvalue weighted by atomic mass is 10.2. The van der Waals surface area contributed by atoms with Gasteiger partial charge in [0.05, 0.1) is 5.56 Å². The number of nitrogens with zero attached hydrogens (tertiary/aromatic N) is 3. The molecule has 0 bridgehead atoms. The van der Waals surface area contributed by atoms with Crippen molar-refractivity contribution in [1.82, 2.24) is 9.80 Å². The van der Waals surface area contributed by atoms with Crippen LogP contribution in [0.15, 0.2) is 35.3 Å². The first kappa shape index (κ1) is 17.3. The summed E-state index contributed by atoms with van der Waals surface area (Å²) in [6.07, 6.45) is 1.16. The molecule has 4 rings (SSSR count). The highest BCUT2D eigenvalue weighted by molar-refractivity contribution is 7.14. The summed E-state index contributed by atoms with van der Waals surface area (Å²) < 4.78 is 6.16. The molecule has 2 aliphatic heterocycles. The number of hydrogen-bond acceptors (Lipinski definition) is 5. The summed E-state index contributed by atoms with van der Waals surface area (Å²) in [5, 5.41) is 0.962. The van der Waals surface area contributed by atoms with Crippen molar-refractivity contribution in [3.05, 3.63) is 40.8 Å². The zero-order valence-electron chi connectivity index (χ0n) is 14.0. The third-order valence-electron chi connectivity index (χ3n) is 4.38. The van der Waals surface area contributed by atoms with E-state index in [0.717, 1.165) is 60.5 Å². The Kier molecular flexibility index (Phi) is 5.13. The number of halogens is 1. The number of para-hydroxylation sites is 2. The molecule has 1 aromatic heterocycles. The van der Waals surface area contributed by atoms with Gasteiger partial charge in [0.25, 0.3) is 0 Å². The van der Waals surface area contributed by atoms with E-state index in [4.69, 9.17) is 9.73 Å². The SMILES string of the molecule is Cc1cc2c(s1)Oc1ccccc1N=C2N1CCCN(C)CC1.Cl. The first-order valence-electron chi connectivity index (χ1n) is 8.10. The van der Waals surface area contributed by atoms with Gasteiger partial charge in [0.2, 0.25) is 0 Å². The van der Waals surface area contributed by atoms with Crippen LogP contribution in [-0.2, 0) is 0 Å². The summed E-state index contributed by atoms with van der Waals surface area (Å²) in [6, 6.07) is 10.3. The Morgan fingerprint density at radius 1 is 1.12 bits per heavy atom. The number of ether oxygens (including phenoxy) is 1. The largest absolute Gasteiger partial charge is 0.444 e. The van der Waals surface area contributed by atoms with Crippen molar-refractivity contribution < 1.29 is 4.74 Å². The number of likely N-dealkylation sites (N-methyl/N-ethyl adjacent to an activating group) is 1. The molecule has 4 nitrogen and oxygen atoms in total. The minimum absolute atomic E-state index is 0. The summed E-state index contributed by atoms with van der Waals surface area (Å²) in [7, 11) is 2.19. The van der Waals surface area contributed by atoms with E-state index in [9.17, 15) is 0 Å². The molecule has 0 spiro atoms. The average molecular weight is 364 g/mol. The maximum Gasteiger partial charge on any atom is 0.192 e. The Labute approximate surface area is 153 Å². The second kappa shape index (κ2) is 7.13. The van der Waals surface area contributed by atoms with Crippen molar-refractivity contribution in [2.75, 3.05) is 33.2 Å². The fourth-order valence-electron chi connectivity index (χ4n) is 3.13. The molecular weight excluding hydrogens is 342 g/mol. The maximum atomic E-state index is 6.16. The van der Waals surface area contributed by atoms with Gasteiger partial charge in [0, 0.05) is 24.5 Å². The number of thiophene rings is 1. The van der Waals surface area contributed by atoms with Crippen molar-refractivity contribution in [2.24, 2.45) is 4.99 Å². The molecule has 6 heteroatoms. The summed E-state index contributed by atoms with van der Waals surface area (Å²) in [5.41, 5.74) is 2.05. The molecule has 2 aliphatic rings. The summed E-state index contributed by atoms with van der Waals surface area (Å²) in [4.78, 5) is 11.1. The standard InChI is InChI=1S/C18H21N3OS.ClH/c1-13-12-14-17(21-9-5-8-20(2)10-11-21)19-15-6-3-4-7-16(15)22-18(14)23-13;/h3-4,6-7,12H,5,8-11H2,1-2H3;1H. The maximum absolute atomic E-state index is 6.16. The van der Waals surface area contributed by atoms with Gasteiger partial charge in [-0.2, -0.15) is 0 Å². The number of benzene rings is 1. The summed E-state index contributed by atoms with van der Waals surface area (Å²) in [5.74, 6) is 1.90. The van der Waals surface area contributed by atoms with Crippen molar-refractivity contribution in [3.63, 3.8) is 0 Å². The Bertz CT molecular complexity index is 758. The van der Waals surface area contributed by atoms with E-state index in [-0.39, 0.29) is 12.4 Å². The van der Waals surface area contributed by atoms with Crippen LogP contribution in [0.2, 0.25) is 0 Å². The molecule has 0 unspecified atom stereocenters. The summed E-state index contributed by atoms with van der Waals surface area (Å²) >= 11 is 1.70. The van der Waals surface area contributed by atoms with Crippen molar-refractivity contribution in [2.45, 2.75) is 13.3 Å². The van der Waals surface area contributed by atoms with E-state index in [0.29, 0.717) is 0 Å². The molecule has 2 aromatic rings. The van der Waals surface area contributed by atoms with Gasteiger partial charge in [-0.3, -0.25) is 0 Å². The lowest BCUT2D eigenvalue weighted by molar-refractivity contribution is 0.346. The molecule has 0 aliphatic carbocycles.